The summed E-state index contributed by atoms with van der Waals surface area (Å²) >= 11 is 3.13. The van der Waals surface area contributed by atoms with Gasteiger partial charge < -0.3 is 10.1 Å². The third-order valence-electron chi connectivity index (χ3n) is 3.08. The molecular formula is C12H15BrN2O4S. The molecule has 0 saturated carbocycles. The lowest BCUT2D eigenvalue weighted by atomic mass is 10.1. The molecule has 8 heteroatoms. The summed E-state index contributed by atoms with van der Waals surface area (Å²) in [7, 11) is -3.78. The summed E-state index contributed by atoms with van der Waals surface area (Å²) in [6.07, 6.45) is 0.768. The molecule has 1 amide bonds. The molecular weight excluding hydrogens is 348 g/mol. The van der Waals surface area contributed by atoms with Gasteiger partial charge in [0.2, 0.25) is 15.9 Å². The standard InChI is InChI=1S/C12H15BrN2O4S/c1-7-4-8(6-19-7)12(16)15-9-2-3-11(10(13)5-9)20(14,17)18/h2-3,5,7-8H,4,6H2,1H3,(H,15,16)(H2,14,17,18). The summed E-state index contributed by atoms with van der Waals surface area (Å²) in [5.41, 5.74) is 0.508. The van der Waals surface area contributed by atoms with Gasteiger partial charge in [0.05, 0.1) is 23.5 Å². The van der Waals surface area contributed by atoms with E-state index < -0.39 is 10.0 Å². The number of halogens is 1. The summed E-state index contributed by atoms with van der Waals surface area (Å²) in [4.78, 5) is 12.0. The molecule has 0 radical (unpaired) electrons. The van der Waals surface area contributed by atoms with Crippen LogP contribution in [0.3, 0.4) is 0 Å². The molecule has 1 fully saturated rings. The molecule has 3 N–H and O–H groups in total. The molecule has 1 aliphatic heterocycles. The Morgan fingerprint density at radius 2 is 2.20 bits per heavy atom. The number of amides is 1. The molecule has 0 spiro atoms. The predicted octanol–water partition coefficient (Wildman–Crippen LogP) is 1.46. The van der Waals surface area contributed by atoms with Gasteiger partial charge in [-0.3, -0.25) is 4.79 Å². The second kappa shape index (κ2) is 5.80. The number of hydrogen-bond donors (Lipinski definition) is 2. The molecule has 6 nitrogen and oxygen atoms in total. The van der Waals surface area contributed by atoms with E-state index in [1.807, 2.05) is 6.92 Å². The molecule has 110 valence electrons. The Kier molecular flexibility index (Phi) is 4.48. The van der Waals surface area contributed by atoms with E-state index in [4.69, 9.17) is 9.88 Å². The second-order valence-corrected chi connectivity index (χ2v) is 7.14. The Morgan fingerprint density at radius 3 is 2.70 bits per heavy atom. The van der Waals surface area contributed by atoms with Crippen LogP contribution in [0.4, 0.5) is 5.69 Å². The minimum Gasteiger partial charge on any atom is -0.378 e. The van der Waals surface area contributed by atoms with Gasteiger partial charge in [-0.1, -0.05) is 0 Å². The van der Waals surface area contributed by atoms with Crippen LogP contribution < -0.4 is 10.5 Å². The van der Waals surface area contributed by atoms with E-state index in [0.29, 0.717) is 23.2 Å². The highest BCUT2D eigenvalue weighted by molar-refractivity contribution is 9.10. The predicted molar refractivity (Wildman–Crippen MR) is 77.7 cm³/mol. The van der Waals surface area contributed by atoms with Gasteiger partial charge in [0.1, 0.15) is 0 Å². The van der Waals surface area contributed by atoms with E-state index in [1.54, 1.807) is 0 Å². The number of ether oxygens (including phenoxy) is 1. The molecule has 1 aromatic carbocycles. The third-order valence-corrected chi connectivity index (χ3v) is 4.96. The highest BCUT2D eigenvalue weighted by Gasteiger charge is 2.28. The normalized spacial score (nSPS) is 22.8. The summed E-state index contributed by atoms with van der Waals surface area (Å²) in [5.74, 6) is -0.314. The second-order valence-electron chi connectivity index (χ2n) is 4.76. The molecule has 20 heavy (non-hydrogen) atoms. The Bertz CT molecular complexity index is 632. The number of carbonyl (C=O) groups excluding carboxylic acids is 1. The van der Waals surface area contributed by atoms with Crippen LogP contribution in [0.1, 0.15) is 13.3 Å². The van der Waals surface area contributed by atoms with Crippen LogP contribution in [0.2, 0.25) is 0 Å². The number of benzene rings is 1. The Hall–Kier alpha value is -0.960. The maximum atomic E-state index is 12.0. The van der Waals surface area contributed by atoms with E-state index in [-0.39, 0.29) is 22.8 Å². The fourth-order valence-electron chi connectivity index (χ4n) is 2.05. The summed E-state index contributed by atoms with van der Waals surface area (Å²) in [6.45, 7) is 2.33. The maximum absolute atomic E-state index is 12.0. The lowest BCUT2D eigenvalue weighted by Crippen LogP contribution is -2.23. The van der Waals surface area contributed by atoms with Crippen molar-refractivity contribution < 1.29 is 17.9 Å². The number of hydrogen-bond acceptors (Lipinski definition) is 4. The Labute approximate surface area is 125 Å². The first-order valence-electron chi connectivity index (χ1n) is 6.02. The zero-order valence-electron chi connectivity index (χ0n) is 10.8. The van der Waals surface area contributed by atoms with Crippen LogP contribution in [-0.4, -0.2) is 27.0 Å². The number of carbonyl (C=O) groups is 1. The van der Waals surface area contributed by atoms with E-state index in [0.717, 1.165) is 0 Å². The zero-order valence-corrected chi connectivity index (χ0v) is 13.2. The van der Waals surface area contributed by atoms with Crippen LogP contribution in [-0.2, 0) is 19.6 Å². The monoisotopic (exact) mass is 362 g/mol. The van der Waals surface area contributed by atoms with Crippen LogP contribution in [0.15, 0.2) is 27.6 Å². The zero-order chi connectivity index (χ0) is 14.9. The van der Waals surface area contributed by atoms with Gasteiger partial charge in [0.15, 0.2) is 0 Å². The van der Waals surface area contributed by atoms with Crippen molar-refractivity contribution in [3.8, 4) is 0 Å². The lowest BCUT2D eigenvalue weighted by molar-refractivity contribution is -0.119. The molecule has 2 rings (SSSR count). The van der Waals surface area contributed by atoms with Crippen molar-refractivity contribution in [1.82, 2.24) is 0 Å². The summed E-state index contributed by atoms with van der Waals surface area (Å²) < 4.78 is 28.2. The van der Waals surface area contributed by atoms with E-state index in [2.05, 4.69) is 21.2 Å². The van der Waals surface area contributed by atoms with E-state index in [1.165, 1.54) is 18.2 Å². The molecule has 2 atom stereocenters. The lowest BCUT2D eigenvalue weighted by Gasteiger charge is -2.11. The SMILES string of the molecule is CC1CC(C(=O)Nc2ccc(S(N)(=O)=O)c(Br)c2)CO1. The van der Waals surface area contributed by atoms with E-state index >= 15 is 0 Å². The Balaban J connectivity index is 2.11. The van der Waals surface area contributed by atoms with Gasteiger partial charge in [0.25, 0.3) is 0 Å². The van der Waals surface area contributed by atoms with Crippen LogP contribution >= 0.6 is 15.9 Å². The van der Waals surface area contributed by atoms with Crippen molar-refractivity contribution in [3.63, 3.8) is 0 Å². The fourth-order valence-corrected chi connectivity index (χ4v) is 3.70. The first-order chi connectivity index (χ1) is 9.27. The molecule has 1 saturated heterocycles. The van der Waals surface area contributed by atoms with Crippen LogP contribution in [0, 0.1) is 5.92 Å². The van der Waals surface area contributed by atoms with Crippen molar-refractivity contribution in [2.75, 3.05) is 11.9 Å². The Morgan fingerprint density at radius 1 is 1.50 bits per heavy atom. The van der Waals surface area contributed by atoms with Crippen molar-refractivity contribution >= 4 is 37.5 Å². The minimum atomic E-state index is -3.78. The quantitative estimate of drug-likeness (QED) is 0.849. The molecule has 0 aromatic heterocycles. The largest absolute Gasteiger partial charge is 0.378 e. The number of anilines is 1. The average Bonchev–Trinajstić information content (AvgIpc) is 2.74. The average molecular weight is 363 g/mol. The highest BCUT2D eigenvalue weighted by atomic mass is 79.9. The molecule has 1 aromatic rings. The summed E-state index contributed by atoms with van der Waals surface area (Å²) in [5, 5.41) is 7.80. The molecule has 1 heterocycles. The third kappa shape index (κ3) is 3.57. The van der Waals surface area contributed by atoms with Crippen molar-refractivity contribution in [1.29, 1.82) is 0 Å². The topological polar surface area (TPSA) is 98.5 Å². The highest BCUT2D eigenvalue weighted by Crippen LogP contribution is 2.26. The number of primary sulfonamides is 1. The first-order valence-corrected chi connectivity index (χ1v) is 8.36. The molecule has 2 unspecified atom stereocenters. The van der Waals surface area contributed by atoms with E-state index in [9.17, 15) is 13.2 Å². The van der Waals surface area contributed by atoms with Crippen molar-refractivity contribution in [2.45, 2.75) is 24.3 Å². The number of sulfonamides is 1. The molecule has 0 aliphatic carbocycles. The number of nitrogens with two attached hydrogens (primary N) is 1. The van der Waals surface area contributed by atoms with Gasteiger partial charge >= 0.3 is 0 Å². The first kappa shape index (κ1) is 15.4. The van der Waals surface area contributed by atoms with Crippen LogP contribution in [0.5, 0.6) is 0 Å². The van der Waals surface area contributed by atoms with Gasteiger partial charge in [-0.2, -0.15) is 0 Å². The van der Waals surface area contributed by atoms with Crippen molar-refractivity contribution in [2.24, 2.45) is 11.1 Å². The minimum absolute atomic E-state index is 0.0201. The van der Waals surface area contributed by atoms with Gasteiger partial charge in [-0.05, 0) is 47.5 Å². The number of nitrogens with one attached hydrogen (secondary N) is 1. The van der Waals surface area contributed by atoms with Gasteiger partial charge in [-0.25, -0.2) is 13.6 Å². The van der Waals surface area contributed by atoms with Gasteiger partial charge in [-0.15, -0.1) is 0 Å². The number of rotatable bonds is 3. The molecule has 0 bridgehead atoms. The van der Waals surface area contributed by atoms with Gasteiger partial charge in [0, 0.05) is 10.2 Å². The van der Waals surface area contributed by atoms with Crippen molar-refractivity contribution in [3.05, 3.63) is 22.7 Å². The fraction of sp³-hybridized carbons (Fsp3) is 0.417. The molecule has 1 aliphatic rings. The van der Waals surface area contributed by atoms with Crippen LogP contribution in [0.25, 0.3) is 0 Å². The maximum Gasteiger partial charge on any atom is 0.239 e. The smallest absolute Gasteiger partial charge is 0.239 e. The summed E-state index contributed by atoms with van der Waals surface area (Å²) in [6, 6.07) is 4.36.